The van der Waals surface area contributed by atoms with Gasteiger partial charge in [-0.05, 0) is 30.4 Å². The van der Waals surface area contributed by atoms with Crippen LogP contribution in [0.1, 0.15) is 53.3 Å². The van der Waals surface area contributed by atoms with Crippen molar-refractivity contribution < 1.29 is 14.4 Å². The van der Waals surface area contributed by atoms with Crippen LogP contribution in [0, 0.1) is 0 Å². The Morgan fingerprint density at radius 2 is 1.24 bits per heavy atom. The molecule has 0 aliphatic carbocycles. The Morgan fingerprint density at radius 3 is 1.59 bits per heavy atom. The maximum atomic E-state index is 11.7. The fourth-order valence-corrected chi connectivity index (χ4v) is 2.60. The van der Waals surface area contributed by atoms with Crippen LogP contribution in [0.3, 0.4) is 0 Å². The van der Waals surface area contributed by atoms with Gasteiger partial charge in [-0.1, -0.05) is 58.8 Å². The first-order valence-electron chi connectivity index (χ1n) is 10.2. The smallest absolute Gasteiger partial charge is 0.216 e. The molecule has 2 aromatic rings. The lowest BCUT2D eigenvalue weighted by Crippen LogP contribution is -2.21. The quantitative estimate of drug-likeness (QED) is 0.135. The molecule has 12 heteroatoms. The van der Waals surface area contributed by atoms with Gasteiger partial charge in [0.25, 0.3) is 0 Å². The number of hydrogen-bond acceptors (Lipinski definition) is 6. The van der Waals surface area contributed by atoms with Crippen molar-refractivity contribution in [3.63, 3.8) is 0 Å². The second-order valence-electron chi connectivity index (χ2n) is 6.80. The van der Waals surface area contributed by atoms with Crippen LogP contribution in [0.2, 0.25) is 0 Å². The zero-order valence-electron chi connectivity index (χ0n) is 18.8. The van der Waals surface area contributed by atoms with Gasteiger partial charge < -0.3 is 11.1 Å². The molecular weight excluding hydrogens is 460 g/mol. The van der Waals surface area contributed by atoms with Gasteiger partial charge in [-0.2, -0.15) is 0 Å². The van der Waals surface area contributed by atoms with Crippen molar-refractivity contribution in [2.24, 2.45) is 16.0 Å². The summed E-state index contributed by atoms with van der Waals surface area (Å²) in [6.45, 7) is 2.46. The van der Waals surface area contributed by atoms with E-state index in [1.54, 1.807) is 48.5 Å². The Bertz CT molecular complexity index is 1030. The van der Waals surface area contributed by atoms with Crippen LogP contribution in [0.15, 0.2) is 58.8 Å². The number of ketones is 2. The van der Waals surface area contributed by atoms with Crippen LogP contribution in [-0.4, -0.2) is 30.6 Å². The monoisotopic (exact) mass is 486 g/mol. The number of nitrogens with two attached hydrogens (primary N) is 1. The average Bonchev–Trinajstić information content (AvgIpc) is 2.82. The third kappa shape index (κ3) is 12.2. The van der Waals surface area contributed by atoms with Crippen LogP contribution in [0.25, 0.3) is 20.9 Å². The zero-order chi connectivity index (χ0) is 24.5. The van der Waals surface area contributed by atoms with E-state index in [2.05, 4.69) is 25.4 Å². The van der Waals surface area contributed by atoms with Crippen LogP contribution >= 0.6 is 12.4 Å². The highest BCUT2D eigenvalue weighted by Crippen LogP contribution is 2.15. The maximum Gasteiger partial charge on any atom is 0.216 e. The largest absolute Gasteiger partial charge is 0.356 e. The van der Waals surface area contributed by atoms with Gasteiger partial charge in [-0.15, -0.1) is 12.4 Å². The number of nitrogens with one attached hydrogen (secondary N) is 1. The summed E-state index contributed by atoms with van der Waals surface area (Å²) in [6, 6.07) is 13.0. The number of rotatable bonds is 11. The number of amides is 1. The fraction of sp³-hybridized carbons (Fsp3) is 0.318. The molecule has 0 aromatic heterocycles. The molecule has 0 radical (unpaired) electrons. The molecular formula is C22H27ClN8O3. The number of halogens is 1. The average molecular weight is 487 g/mol. The van der Waals surface area contributed by atoms with Gasteiger partial charge in [-0.3, -0.25) is 14.4 Å². The number of azide groups is 2. The van der Waals surface area contributed by atoms with Gasteiger partial charge in [0, 0.05) is 58.6 Å². The topological polar surface area (TPSA) is 187 Å². The molecule has 2 rings (SSSR count). The van der Waals surface area contributed by atoms with E-state index in [1.807, 2.05) is 0 Å². The second-order valence-corrected chi connectivity index (χ2v) is 6.80. The molecule has 34 heavy (non-hydrogen) atoms. The Labute approximate surface area is 203 Å². The van der Waals surface area contributed by atoms with Gasteiger partial charge in [0.05, 0.1) is 0 Å². The Morgan fingerprint density at radius 1 is 0.824 bits per heavy atom. The Kier molecular flexibility index (Phi) is 15.6. The summed E-state index contributed by atoms with van der Waals surface area (Å²) in [4.78, 5) is 39.2. The molecule has 0 unspecified atom stereocenters. The first-order valence-corrected chi connectivity index (χ1v) is 10.2. The van der Waals surface area contributed by atoms with Crippen molar-refractivity contribution in [3.05, 3.63) is 80.5 Å². The Balaban J connectivity index is 0.000000632. The minimum atomic E-state index is -0.0961. The summed E-state index contributed by atoms with van der Waals surface area (Å²) in [5.74, 6) is -0.0260. The molecule has 0 bridgehead atoms. The number of carbonyl (C=O) groups is 3. The highest BCUT2D eigenvalue weighted by atomic mass is 35.5. The van der Waals surface area contributed by atoms with E-state index in [-0.39, 0.29) is 29.9 Å². The molecule has 0 aliphatic heterocycles. The first-order chi connectivity index (χ1) is 15.9. The van der Waals surface area contributed by atoms with Crippen molar-refractivity contribution in [1.29, 1.82) is 0 Å². The fourth-order valence-electron chi connectivity index (χ4n) is 2.60. The zero-order valence-corrected chi connectivity index (χ0v) is 19.6. The lowest BCUT2D eigenvalue weighted by Gasteiger charge is -2.02. The third-order valence-electron chi connectivity index (χ3n) is 4.26. The van der Waals surface area contributed by atoms with Crippen LogP contribution in [-0.2, 0) is 4.79 Å². The summed E-state index contributed by atoms with van der Waals surface area (Å²) >= 11 is 0. The lowest BCUT2D eigenvalue weighted by molar-refractivity contribution is -0.118. The summed E-state index contributed by atoms with van der Waals surface area (Å²) in [5, 5.41) is 9.47. The summed E-state index contributed by atoms with van der Waals surface area (Å²) in [6.07, 6.45) is 2.13. The molecule has 3 N–H and O–H groups in total. The van der Waals surface area contributed by atoms with Crippen molar-refractivity contribution >= 4 is 41.3 Å². The van der Waals surface area contributed by atoms with Crippen LogP contribution < -0.4 is 11.1 Å². The van der Waals surface area contributed by atoms with Crippen LogP contribution in [0.5, 0.6) is 0 Å². The number of benzene rings is 2. The molecule has 0 atom stereocenters. The van der Waals surface area contributed by atoms with Gasteiger partial charge >= 0.3 is 0 Å². The van der Waals surface area contributed by atoms with Crippen LogP contribution in [0.4, 0.5) is 11.4 Å². The van der Waals surface area contributed by atoms with Crippen molar-refractivity contribution in [1.82, 2.24) is 5.32 Å². The summed E-state index contributed by atoms with van der Waals surface area (Å²) < 4.78 is 0. The highest BCUT2D eigenvalue weighted by Gasteiger charge is 2.05. The minimum Gasteiger partial charge on any atom is -0.356 e. The van der Waals surface area contributed by atoms with Gasteiger partial charge in [-0.25, -0.2) is 0 Å². The molecule has 11 nitrogen and oxygen atoms in total. The molecule has 0 fully saturated rings. The van der Waals surface area contributed by atoms with E-state index in [1.165, 1.54) is 6.92 Å². The van der Waals surface area contributed by atoms with E-state index in [4.69, 9.17) is 16.8 Å². The highest BCUT2D eigenvalue weighted by molar-refractivity contribution is 5.96. The van der Waals surface area contributed by atoms with Gasteiger partial charge in [0.1, 0.15) is 0 Å². The Hall–Kier alpha value is -3.88. The summed E-state index contributed by atoms with van der Waals surface area (Å²) in [5.41, 5.74) is 23.9. The van der Waals surface area contributed by atoms with Crippen molar-refractivity contribution in [3.8, 4) is 0 Å². The van der Waals surface area contributed by atoms with E-state index in [0.717, 1.165) is 0 Å². The number of nitrogens with zero attached hydrogens (tertiary/aromatic N) is 6. The molecule has 0 saturated carbocycles. The van der Waals surface area contributed by atoms with E-state index in [0.29, 0.717) is 61.3 Å². The predicted octanol–water partition coefficient (Wildman–Crippen LogP) is 5.70. The molecule has 2 aromatic carbocycles. The molecule has 0 spiro atoms. The third-order valence-corrected chi connectivity index (χ3v) is 4.26. The summed E-state index contributed by atoms with van der Waals surface area (Å²) in [7, 11) is 0. The first kappa shape index (κ1) is 30.1. The molecule has 0 aliphatic rings. The van der Waals surface area contributed by atoms with Gasteiger partial charge in [0.15, 0.2) is 11.6 Å². The van der Waals surface area contributed by atoms with E-state index in [9.17, 15) is 14.4 Å². The standard InChI is InChI=1S/C12H14N4O2.C10H12N4O.ClH/c1-9(17)14-8-2-3-12(18)10-4-6-11(7-5-10)15-16-13;11-7-1-2-10(15)8-3-5-9(6-4-8)13-14-12;/h4-7H,2-3,8H2,1H3,(H,14,17);3-6H,1-2,7,11H2;1H. The minimum absolute atomic E-state index is 0. The molecule has 0 heterocycles. The van der Waals surface area contributed by atoms with E-state index >= 15 is 0 Å². The molecule has 1 amide bonds. The lowest BCUT2D eigenvalue weighted by atomic mass is 10.1. The van der Waals surface area contributed by atoms with Crippen molar-refractivity contribution in [2.45, 2.75) is 32.6 Å². The van der Waals surface area contributed by atoms with Crippen molar-refractivity contribution in [2.75, 3.05) is 13.1 Å². The van der Waals surface area contributed by atoms with E-state index < -0.39 is 0 Å². The predicted molar refractivity (Wildman–Crippen MR) is 133 cm³/mol. The molecule has 180 valence electrons. The SMILES string of the molecule is CC(=O)NCCCC(=O)c1ccc(N=[N+]=[N-])cc1.Cl.[N-]=[N+]=Nc1ccc(C(=O)CCCN)cc1. The normalized spacial score (nSPS) is 9.12. The van der Waals surface area contributed by atoms with Gasteiger partial charge in [0.2, 0.25) is 5.91 Å². The number of carbonyl (C=O) groups excluding carboxylic acids is 3. The molecule has 0 saturated heterocycles. The second kappa shape index (κ2) is 17.6. The number of hydrogen-bond donors (Lipinski definition) is 2. The number of Topliss-reactive ketones (excluding diaryl/α,β-unsaturated/α-hetero) is 2. The maximum absolute atomic E-state index is 11.7.